The summed E-state index contributed by atoms with van der Waals surface area (Å²) in [5.41, 5.74) is 2.65. The highest BCUT2D eigenvalue weighted by Gasteiger charge is 2.31. The van der Waals surface area contributed by atoms with Crippen molar-refractivity contribution in [2.24, 2.45) is 5.92 Å². The van der Waals surface area contributed by atoms with E-state index in [4.69, 9.17) is 0 Å². The van der Waals surface area contributed by atoms with Crippen molar-refractivity contribution in [3.63, 3.8) is 0 Å². The second-order valence-corrected chi connectivity index (χ2v) is 9.01. The lowest BCUT2D eigenvalue weighted by Crippen LogP contribution is -2.39. The van der Waals surface area contributed by atoms with Crippen LogP contribution in [-0.4, -0.2) is 24.0 Å². The van der Waals surface area contributed by atoms with Gasteiger partial charge in [0.1, 0.15) is 17.4 Å². The van der Waals surface area contributed by atoms with Gasteiger partial charge in [-0.05, 0) is 73.8 Å². The van der Waals surface area contributed by atoms with E-state index >= 15 is 0 Å². The summed E-state index contributed by atoms with van der Waals surface area (Å²) in [6.07, 6.45) is 1.92. The fourth-order valence-electron chi connectivity index (χ4n) is 4.81. The minimum Gasteiger partial charge on any atom is -0.321 e. The number of halogens is 1. The SMILES string of the molecule is N#Cc1c(N(C(=O)C2CCNCC2)c2ccccc2)c2ccc(Cc3ccc(F)cc3)cc2[nH]c1=O. The first kappa shape index (κ1) is 23.5. The average molecular weight is 481 g/mol. The average Bonchev–Trinajstić information content (AvgIpc) is 2.91. The highest BCUT2D eigenvalue weighted by molar-refractivity contribution is 6.10. The number of carbonyl (C=O) groups excluding carboxylic acids is 1. The van der Waals surface area contributed by atoms with Gasteiger partial charge in [0.25, 0.3) is 5.56 Å². The molecule has 7 heteroatoms. The Morgan fingerprint density at radius 2 is 1.69 bits per heavy atom. The molecule has 180 valence electrons. The Labute approximate surface area is 208 Å². The smallest absolute Gasteiger partial charge is 0.268 e. The van der Waals surface area contributed by atoms with Crippen molar-refractivity contribution in [2.45, 2.75) is 19.3 Å². The molecule has 2 heterocycles. The van der Waals surface area contributed by atoms with Crippen molar-refractivity contribution in [3.8, 4) is 6.07 Å². The molecule has 0 unspecified atom stereocenters. The molecule has 0 radical (unpaired) electrons. The number of hydrogen-bond donors (Lipinski definition) is 2. The molecule has 0 spiro atoms. The second kappa shape index (κ2) is 10.1. The Morgan fingerprint density at radius 3 is 2.39 bits per heavy atom. The second-order valence-electron chi connectivity index (χ2n) is 9.01. The molecule has 1 fully saturated rings. The first-order valence-corrected chi connectivity index (χ1v) is 12.0. The number of nitriles is 1. The molecule has 6 nitrogen and oxygen atoms in total. The third-order valence-electron chi connectivity index (χ3n) is 6.63. The van der Waals surface area contributed by atoms with E-state index < -0.39 is 5.56 Å². The Balaban J connectivity index is 1.66. The molecule has 3 aromatic carbocycles. The lowest BCUT2D eigenvalue weighted by atomic mass is 9.95. The van der Waals surface area contributed by atoms with Crippen molar-refractivity contribution in [1.82, 2.24) is 10.3 Å². The Kier molecular flexibility index (Phi) is 6.61. The van der Waals surface area contributed by atoms with Crippen LogP contribution in [0.2, 0.25) is 0 Å². The number of nitrogens with one attached hydrogen (secondary N) is 2. The first-order valence-electron chi connectivity index (χ1n) is 12.0. The predicted octanol–water partition coefficient (Wildman–Crippen LogP) is 4.79. The van der Waals surface area contributed by atoms with Crippen LogP contribution in [0.4, 0.5) is 15.8 Å². The van der Waals surface area contributed by atoms with Crippen molar-refractivity contribution >= 4 is 28.2 Å². The molecule has 36 heavy (non-hydrogen) atoms. The number of fused-ring (bicyclic) bond motifs is 1. The van der Waals surface area contributed by atoms with Gasteiger partial charge in [-0.15, -0.1) is 0 Å². The van der Waals surface area contributed by atoms with Crippen LogP contribution in [0.3, 0.4) is 0 Å². The van der Waals surface area contributed by atoms with Gasteiger partial charge in [-0.25, -0.2) is 4.39 Å². The highest BCUT2D eigenvalue weighted by atomic mass is 19.1. The molecule has 0 aliphatic carbocycles. The molecule has 1 saturated heterocycles. The molecule has 2 N–H and O–H groups in total. The summed E-state index contributed by atoms with van der Waals surface area (Å²) in [4.78, 5) is 31.3. The third kappa shape index (κ3) is 4.64. The molecule has 5 rings (SSSR count). The maximum atomic E-state index is 13.9. The summed E-state index contributed by atoms with van der Waals surface area (Å²) in [5, 5.41) is 13.9. The van der Waals surface area contributed by atoms with Gasteiger partial charge in [0.2, 0.25) is 5.91 Å². The van der Waals surface area contributed by atoms with Crippen LogP contribution < -0.4 is 15.8 Å². The summed E-state index contributed by atoms with van der Waals surface area (Å²) >= 11 is 0. The van der Waals surface area contributed by atoms with Crippen molar-refractivity contribution < 1.29 is 9.18 Å². The summed E-state index contributed by atoms with van der Waals surface area (Å²) in [5.74, 6) is -0.638. The number of amides is 1. The van der Waals surface area contributed by atoms with Crippen LogP contribution in [0.25, 0.3) is 10.9 Å². The van der Waals surface area contributed by atoms with Gasteiger partial charge < -0.3 is 10.3 Å². The zero-order chi connectivity index (χ0) is 25.1. The Hall–Kier alpha value is -4.28. The van der Waals surface area contributed by atoms with E-state index in [1.165, 1.54) is 12.1 Å². The number of hydrogen-bond acceptors (Lipinski definition) is 4. The molecule has 0 saturated carbocycles. The normalized spacial score (nSPS) is 13.9. The number of rotatable bonds is 5. The molecule has 1 amide bonds. The van der Waals surface area contributed by atoms with Crippen molar-refractivity contribution in [3.05, 3.63) is 106 Å². The maximum Gasteiger partial charge on any atom is 0.268 e. The maximum absolute atomic E-state index is 13.9. The number of pyridine rings is 1. The Bertz CT molecular complexity index is 1500. The highest BCUT2D eigenvalue weighted by Crippen LogP contribution is 2.36. The van der Waals surface area contributed by atoms with E-state index in [2.05, 4.69) is 10.3 Å². The quantitative estimate of drug-likeness (QED) is 0.430. The van der Waals surface area contributed by atoms with Crippen LogP contribution in [-0.2, 0) is 11.2 Å². The molecule has 1 aromatic heterocycles. The van der Waals surface area contributed by atoms with Crippen LogP contribution in [0, 0.1) is 23.1 Å². The van der Waals surface area contributed by atoms with Crippen molar-refractivity contribution in [1.29, 1.82) is 5.26 Å². The molecule has 0 bridgehead atoms. The number of aromatic nitrogens is 1. The van der Waals surface area contributed by atoms with E-state index in [1.54, 1.807) is 17.0 Å². The van der Waals surface area contributed by atoms with Crippen LogP contribution in [0.1, 0.15) is 29.5 Å². The number of carbonyl (C=O) groups is 1. The van der Waals surface area contributed by atoms with Gasteiger partial charge in [-0.3, -0.25) is 14.5 Å². The van der Waals surface area contributed by atoms with Crippen molar-refractivity contribution in [2.75, 3.05) is 18.0 Å². The first-order chi connectivity index (χ1) is 17.5. The topological polar surface area (TPSA) is 89.0 Å². The lowest BCUT2D eigenvalue weighted by molar-refractivity contribution is -0.122. The number of anilines is 2. The van der Waals surface area contributed by atoms with E-state index in [9.17, 15) is 19.2 Å². The van der Waals surface area contributed by atoms with Gasteiger partial charge in [0, 0.05) is 17.0 Å². The summed E-state index contributed by atoms with van der Waals surface area (Å²) in [6, 6.07) is 23.1. The van der Waals surface area contributed by atoms with Gasteiger partial charge in [0.15, 0.2) is 0 Å². The van der Waals surface area contributed by atoms with E-state index in [0.29, 0.717) is 41.5 Å². The van der Waals surface area contributed by atoms with Gasteiger partial charge in [-0.2, -0.15) is 5.26 Å². The number of nitrogens with zero attached hydrogens (tertiary/aromatic N) is 2. The predicted molar refractivity (Wildman–Crippen MR) is 138 cm³/mol. The van der Waals surface area contributed by atoms with E-state index in [-0.39, 0.29) is 23.2 Å². The van der Waals surface area contributed by atoms with Gasteiger partial charge in [-0.1, -0.05) is 42.5 Å². The molecular weight excluding hydrogens is 455 g/mol. The molecular formula is C29H25FN4O2. The van der Waals surface area contributed by atoms with Crippen LogP contribution in [0.15, 0.2) is 77.6 Å². The monoisotopic (exact) mass is 480 g/mol. The third-order valence-corrected chi connectivity index (χ3v) is 6.63. The fraction of sp³-hybridized carbons (Fsp3) is 0.207. The minimum absolute atomic E-state index is 0.0973. The molecule has 4 aromatic rings. The zero-order valence-electron chi connectivity index (χ0n) is 19.6. The zero-order valence-corrected chi connectivity index (χ0v) is 19.6. The van der Waals surface area contributed by atoms with Gasteiger partial charge >= 0.3 is 0 Å². The largest absolute Gasteiger partial charge is 0.321 e. The number of H-pyrrole nitrogens is 1. The lowest BCUT2D eigenvalue weighted by Gasteiger charge is -2.31. The van der Waals surface area contributed by atoms with Crippen LogP contribution in [0.5, 0.6) is 0 Å². The summed E-state index contributed by atoms with van der Waals surface area (Å²) < 4.78 is 13.3. The standard InChI is InChI=1S/C29H25FN4O2/c30-22-9-6-19(7-10-22)16-20-8-11-24-26(17-20)33-28(35)25(18-31)27(24)34(23-4-2-1-3-5-23)29(36)21-12-14-32-15-13-21/h1-11,17,21,32H,12-16H2,(H,33,35). The Morgan fingerprint density at radius 1 is 1.00 bits per heavy atom. The molecule has 0 atom stereocenters. The van der Waals surface area contributed by atoms with Gasteiger partial charge in [0.05, 0.1) is 11.2 Å². The molecule has 1 aliphatic rings. The van der Waals surface area contributed by atoms with E-state index in [1.807, 2.05) is 54.6 Å². The summed E-state index contributed by atoms with van der Waals surface area (Å²) in [6.45, 7) is 1.49. The fourth-order valence-corrected chi connectivity index (χ4v) is 4.81. The number of para-hydroxylation sites is 1. The van der Waals surface area contributed by atoms with E-state index in [0.717, 1.165) is 24.2 Å². The minimum atomic E-state index is -0.544. The summed E-state index contributed by atoms with van der Waals surface area (Å²) in [7, 11) is 0. The number of benzene rings is 3. The number of aromatic amines is 1. The number of piperidine rings is 1. The van der Waals surface area contributed by atoms with Crippen LogP contribution >= 0.6 is 0 Å². The molecule has 1 aliphatic heterocycles.